The van der Waals surface area contributed by atoms with E-state index in [9.17, 15) is 35.9 Å². The molecular weight excluding hydrogens is 466 g/mol. The summed E-state index contributed by atoms with van der Waals surface area (Å²) in [6.07, 6.45) is -5.15. The summed E-state index contributed by atoms with van der Waals surface area (Å²) >= 11 is 0. The monoisotopic (exact) mass is 487 g/mol. The van der Waals surface area contributed by atoms with E-state index in [2.05, 4.69) is 19.2 Å². The van der Waals surface area contributed by atoms with Crippen molar-refractivity contribution in [2.75, 3.05) is 23.9 Å². The van der Waals surface area contributed by atoms with Gasteiger partial charge < -0.3 is 20.3 Å². The maximum atomic E-state index is 14.9. The number of carboxylic acid groups (broad SMARTS) is 1. The third kappa shape index (κ3) is 5.91. The first kappa shape index (κ1) is 25.5. The van der Waals surface area contributed by atoms with Gasteiger partial charge in [-0.25, -0.2) is 18.2 Å². The number of fused-ring (bicyclic) bond motifs is 1. The van der Waals surface area contributed by atoms with Gasteiger partial charge in [0.05, 0.1) is 0 Å². The topological polar surface area (TPSA) is 145 Å². The molecule has 1 amide bonds. The number of nitrogens with zero attached hydrogens (tertiary/aromatic N) is 1. The molecule has 0 aliphatic carbocycles. The number of amides is 1. The Balaban J connectivity index is 0.000000451. The first-order valence-corrected chi connectivity index (χ1v) is 10.6. The molecule has 4 N–H and O–H groups in total. The van der Waals surface area contributed by atoms with Crippen LogP contribution in [0.4, 0.5) is 23.2 Å². The number of aromatic hydroxyl groups is 1. The summed E-state index contributed by atoms with van der Waals surface area (Å²) in [5.41, 5.74) is -0.338. The van der Waals surface area contributed by atoms with Gasteiger partial charge in [0.2, 0.25) is 0 Å². The molecule has 2 aliphatic rings. The number of aliphatic carboxylic acids is 1. The third-order valence-electron chi connectivity index (χ3n) is 4.24. The molecule has 15 heteroatoms. The zero-order valence-corrected chi connectivity index (χ0v) is 17.7. The lowest BCUT2D eigenvalue weighted by Gasteiger charge is -2.18. The number of anilines is 1. The molecule has 1 aromatic carbocycles. The van der Waals surface area contributed by atoms with Crippen LogP contribution in [0.5, 0.6) is 11.5 Å². The number of alkyl halides is 3. The van der Waals surface area contributed by atoms with E-state index in [0.717, 1.165) is 6.54 Å². The summed E-state index contributed by atoms with van der Waals surface area (Å²) in [4.78, 5) is 20.3. The zero-order valence-electron chi connectivity index (χ0n) is 16.9. The third-order valence-corrected chi connectivity index (χ3v) is 5.62. The number of hydrogen-bond donors (Lipinski definition) is 4. The van der Waals surface area contributed by atoms with Crippen molar-refractivity contribution in [2.24, 2.45) is 5.92 Å². The van der Waals surface area contributed by atoms with E-state index >= 15 is 0 Å². The van der Waals surface area contributed by atoms with E-state index in [1.54, 1.807) is 4.72 Å². The van der Waals surface area contributed by atoms with Gasteiger partial charge in [0.15, 0.2) is 5.82 Å². The number of ether oxygens (including phenoxy) is 1. The molecule has 0 aromatic heterocycles. The number of rotatable bonds is 5. The minimum Gasteiger partial charge on any atom is -0.505 e. The molecular formula is C17H21F4N3O7S. The Labute approximate surface area is 180 Å². The number of halogens is 4. The minimum absolute atomic E-state index is 0.186. The first-order valence-electron chi connectivity index (χ1n) is 9.18. The molecule has 32 heavy (non-hydrogen) atoms. The molecule has 1 fully saturated rings. The molecule has 2 aliphatic heterocycles. The Morgan fingerprint density at radius 1 is 1.41 bits per heavy atom. The lowest BCUT2D eigenvalue weighted by molar-refractivity contribution is -0.192. The van der Waals surface area contributed by atoms with Crippen LogP contribution in [0, 0.1) is 11.7 Å². The predicted octanol–water partition coefficient (Wildman–Crippen LogP) is 0.895. The average molecular weight is 487 g/mol. The molecule has 0 unspecified atom stereocenters. The maximum absolute atomic E-state index is 14.9. The summed E-state index contributed by atoms with van der Waals surface area (Å²) in [5.74, 6) is -4.38. The second-order valence-electron chi connectivity index (χ2n) is 7.37. The summed E-state index contributed by atoms with van der Waals surface area (Å²) in [5, 5.41) is 20.4. The number of carbonyl (C=O) groups is 2. The fraction of sp³-hybridized carbons (Fsp3) is 0.529. The van der Waals surface area contributed by atoms with Gasteiger partial charge in [0.25, 0.3) is 5.91 Å². The van der Waals surface area contributed by atoms with Crippen molar-refractivity contribution in [2.45, 2.75) is 32.5 Å². The quantitative estimate of drug-likeness (QED) is 0.448. The zero-order chi connectivity index (χ0) is 24.4. The average Bonchev–Trinajstić information content (AvgIpc) is 3.14. The Morgan fingerprint density at radius 2 is 2.00 bits per heavy atom. The molecule has 1 saturated heterocycles. The van der Waals surface area contributed by atoms with Gasteiger partial charge in [-0.05, 0) is 12.5 Å². The van der Waals surface area contributed by atoms with Crippen LogP contribution >= 0.6 is 0 Å². The highest BCUT2D eigenvalue weighted by molar-refractivity contribution is 7.92. The van der Waals surface area contributed by atoms with E-state index in [1.807, 2.05) is 0 Å². The predicted molar refractivity (Wildman–Crippen MR) is 102 cm³/mol. The Kier molecular flexibility index (Phi) is 7.44. The van der Waals surface area contributed by atoms with E-state index in [4.69, 9.17) is 14.6 Å². The number of benzene rings is 1. The second-order valence-corrected chi connectivity index (χ2v) is 8.97. The van der Waals surface area contributed by atoms with Crippen molar-refractivity contribution in [1.82, 2.24) is 10.0 Å². The Morgan fingerprint density at radius 3 is 2.47 bits per heavy atom. The molecule has 2 heterocycles. The van der Waals surface area contributed by atoms with Crippen molar-refractivity contribution in [1.29, 1.82) is 0 Å². The Bertz CT molecular complexity index is 999. The van der Waals surface area contributed by atoms with Gasteiger partial charge in [-0.3, -0.25) is 4.79 Å². The van der Waals surface area contributed by atoms with Gasteiger partial charge in [0.1, 0.15) is 29.8 Å². The van der Waals surface area contributed by atoms with Crippen molar-refractivity contribution >= 4 is 27.8 Å². The summed E-state index contributed by atoms with van der Waals surface area (Å²) in [6, 6.07) is 1.19. The number of hydrogen-bond acceptors (Lipinski definition) is 7. The maximum Gasteiger partial charge on any atom is 0.490 e. The molecule has 0 saturated carbocycles. The number of carboxylic acids is 1. The van der Waals surface area contributed by atoms with Crippen LogP contribution in [-0.2, 0) is 26.2 Å². The normalized spacial score (nSPS) is 19.2. The van der Waals surface area contributed by atoms with Crippen LogP contribution in [0.3, 0.4) is 0 Å². The minimum atomic E-state index is -5.08. The summed E-state index contributed by atoms with van der Waals surface area (Å²) < 4.78 is 78.4. The molecule has 180 valence electrons. The van der Waals surface area contributed by atoms with Gasteiger partial charge in [-0.15, -0.1) is 0 Å². The van der Waals surface area contributed by atoms with Crippen LogP contribution in [-0.4, -0.2) is 62.4 Å². The molecule has 3 rings (SSSR count). The molecule has 10 nitrogen and oxygen atoms in total. The van der Waals surface area contributed by atoms with Crippen LogP contribution in [0.1, 0.15) is 19.4 Å². The highest BCUT2D eigenvalue weighted by Gasteiger charge is 2.40. The van der Waals surface area contributed by atoms with Crippen molar-refractivity contribution < 1.29 is 50.5 Å². The van der Waals surface area contributed by atoms with E-state index in [1.165, 1.54) is 6.07 Å². The molecule has 0 spiro atoms. The SMILES string of the molecule is CC(C)CNC[C@H]1Cc2c(cc(O)c(N3CC(=O)NS3(=O)=O)c2F)O1.O=C(O)C(F)(F)F. The van der Waals surface area contributed by atoms with Gasteiger partial charge in [0, 0.05) is 24.6 Å². The van der Waals surface area contributed by atoms with Gasteiger partial charge in [-0.1, -0.05) is 13.8 Å². The largest absolute Gasteiger partial charge is 0.505 e. The molecule has 0 radical (unpaired) electrons. The van der Waals surface area contributed by atoms with Crippen LogP contribution in [0.15, 0.2) is 6.07 Å². The van der Waals surface area contributed by atoms with Gasteiger partial charge in [-0.2, -0.15) is 21.6 Å². The Hall–Kier alpha value is -2.81. The number of carbonyl (C=O) groups excluding carboxylic acids is 1. The fourth-order valence-corrected chi connectivity index (χ4v) is 4.08. The molecule has 0 bridgehead atoms. The van der Waals surface area contributed by atoms with Crippen molar-refractivity contribution in [3.05, 3.63) is 17.4 Å². The smallest absolute Gasteiger partial charge is 0.490 e. The lowest BCUT2D eigenvalue weighted by atomic mass is 10.1. The second kappa shape index (κ2) is 9.36. The highest BCUT2D eigenvalue weighted by atomic mass is 32.2. The van der Waals surface area contributed by atoms with E-state index in [-0.39, 0.29) is 23.8 Å². The van der Waals surface area contributed by atoms with Crippen LogP contribution in [0.25, 0.3) is 0 Å². The van der Waals surface area contributed by atoms with E-state index in [0.29, 0.717) is 16.8 Å². The number of phenolic OH excluding ortho intramolecular Hbond substituents is 1. The van der Waals surface area contributed by atoms with Crippen LogP contribution in [0.2, 0.25) is 0 Å². The number of phenols is 1. The standard InChI is InChI=1S/C15H20FN3O5S.C2HF3O2/c1-8(2)5-17-6-9-3-10-12(24-9)4-11(20)15(14(10)16)19-7-13(21)18-25(19,22)23;3-2(4,5)1(6)7/h4,8-9,17,20H,3,5-7H2,1-2H3,(H,18,21);(H,6,7)/t9-;/m1./s1. The lowest BCUT2D eigenvalue weighted by Crippen LogP contribution is -2.32. The van der Waals surface area contributed by atoms with Gasteiger partial charge >= 0.3 is 22.4 Å². The highest BCUT2D eigenvalue weighted by Crippen LogP contribution is 2.43. The summed E-state index contributed by atoms with van der Waals surface area (Å²) in [7, 11) is -4.21. The summed E-state index contributed by atoms with van der Waals surface area (Å²) in [6.45, 7) is 4.84. The molecule has 1 atom stereocenters. The van der Waals surface area contributed by atoms with Crippen molar-refractivity contribution in [3.63, 3.8) is 0 Å². The molecule has 1 aromatic rings. The first-order chi connectivity index (χ1) is 14.6. The fourth-order valence-electron chi connectivity index (χ4n) is 2.92. The van der Waals surface area contributed by atoms with Crippen LogP contribution < -0.4 is 19.1 Å². The van der Waals surface area contributed by atoms with E-state index < -0.39 is 52.1 Å². The van der Waals surface area contributed by atoms with Crippen molar-refractivity contribution in [3.8, 4) is 11.5 Å². The number of nitrogens with one attached hydrogen (secondary N) is 2.